The van der Waals surface area contributed by atoms with Gasteiger partial charge >= 0.3 is 5.69 Å². The number of nitrogens with zero attached hydrogens (tertiary/aromatic N) is 5. The number of halogens is 1. The second-order valence-corrected chi connectivity index (χ2v) is 7.91. The van der Waals surface area contributed by atoms with Crippen LogP contribution in [0.4, 0.5) is 11.6 Å². The minimum Gasteiger partial charge on any atom is -0.310 e. The highest BCUT2D eigenvalue weighted by molar-refractivity contribution is 6.30. The SMILES string of the molecule is Cc1ccc(Cl)cc1N1CCn2c1nc1c2c(=O)n(CC(C)C)c(=O)n1C. The number of fused-ring (bicyclic) bond motifs is 3. The fraction of sp³-hybridized carbons (Fsp3) is 0.421. The molecular formula is C19H22ClN5O2. The van der Waals surface area contributed by atoms with Gasteiger partial charge in [0.2, 0.25) is 5.95 Å². The van der Waals surface area contributed by atoms with Crippen molar-refractivity contribution in [2.75, 3.05) is 11.4 Å². The maximum atomic E-state index is 13.1. The number of rotatable bonds is 3. The van der Waals surface area contributed by atoms with Crippen LogP contribution in [0.25, 0.3) is 11.2 Å². The lowest BCUT2D eigenvalue weighted by molar-refractivity contribution is 0.484. The van der Waals surface area contributed by atoms with Crippen LogP contribution in [-0.4, -0.2) is 25.2 Å². The summed E-state index contributed by atoms with van der Waals surface area (Å²) in [5.41, 5.74) is 2.34. The van der Waals surface area contributed by atoms with E-state index in [0.717, 1.165) is 11.3 Å². The van der Waals surface area contributed by atoms with Crippen LogP contribution in [0.3, 0.4) is 0 Å². The van der Waals surface area contributed by atoms with Gasteiger partial charge in [-0.25, -0.2) is 4.79 Å². The Balaban J connectivity index is 1.97. The van der Waals surface area contributed by atoms with Gasteiger partial charge < -0.3 is 9.47 Å². The van der Waals surface area contributed by atoms with Crippen LogP contribution in [0.2, 0.25) is 5.02 Å². The summed E-state index contributed by atoms with van der Waals surface area (Å²) in [6, 6.07) is 5.73. The number of imidazole rings is 1. The first-order valence-corrected chi connectivity index (χ1v) is 9.41. The molecule has 142 valence electrons. The Bertz CT molecular complexity index is 1170. The predicted octanol–water partition coefficient (Wildman–Crippen LogP) is 2.67. The van der Waals surface area contributed by atoms with Crippen molar-refractivity contribution in [2.45, 2.75) is 33.9 Å². The van der Waals surface area contributed by atoms with Crippen molar-refractivity contribution >= 4 is 34.4 Å². The molecule has 27 heavy (non-hydrogen) atoms. The van der Waals surface area contributed by atoms with Crippen LogP contribution >= 0.6 is 11.6 Å². The fourth-order valence-electron chi connectivity index (χ4n) is 3.71. The van der Waals surface area contributed by atoms with Gasteiger partial charge in [-0.3, -0.25) is 13.9 Å². The Morgan fingerprint density at radius 3 is 2.67 bits per heavy atom. The zero-order valence-corrected chi connectivity index (χ0v) is 16.6. The highest BCUT2D eigenvalue weighted by atomic mass is 35.5. The zero-order valence-electron chi connectivity index (χ0n) is 15.9. The van der Waals surface area contributed by atoms with E-state index in [1.807, 2.05) is 43.5 Å². The molecule has 0 radical (unpaired) electrons. The van der Waals surface area contributed by atoms with Crippen LogP contribution in [-0.2, 0) is 20.1 Å². The average Bonchev–Trinajstić information content (AvgIpc) is 3.18. The van der Waals surface area contributed by atoms with Gasteiger partial charge in [-0.2, -0.15) is 4.98 Å². The lowest BCUT2D eigenvalue weighted by atomic mass is 10.2. The van der Waals surface area contributed by atoms with Crippen LogP contribution in [0.1, 0.15) is 19.4 Å². The van der Waals surface area contributed by atoms with E-state index in [9.17, 15) is 9.59 Å². The Labute approximate surface area is 161 Å². The van der Waals surface area contributed by atoms with Crippen molar-refractivity contribution in [3.63, 3.8) is 0 Å². The van der Waals surface area contributed by atoms with E-state index in [-0.39, 0.29) is 17.2 Å². The first-order chi connectivity index (χ1) is 12.8. The minimum absolute atomic E-state index is 0.194. The summed E-state index contributed by atoms with van der Waals surface area (Å²) in [5.74, 6) is 0.865. The van der Waals surface area contributed by atoms with Gasteiger partial charge in [0.05, 0.1) is 0 Å². The molecule has 0 fully saturated rings. The molecule has 0 saturated carbocycles. The smallest absolute Gasteiger partial charge is 0.310 e. The number of aryl methyl sites for hydroxylation is 2. The number of hydrogen-bond acceptors (Lipinski definition) is 4. The first kappa shape index (κ1) is 17.9. The van der Waals surface area contributed by atoms with Gasteiger partial charge in [-0.15, -0.1) is 0 Å². The second kappa shape index (κ2) is 6.27. The molecule has 8 heteroatoms. The van der Waals surface area contributed by atoms with Crippen molar-refractivity contribution in [3.8, 4) is 0 Å². The molecule has 0 spiro atoms. The Hall–Kier alpha value is -2.54. The van der Waals surface area contributed by atoms with E-state index in [1.54, 1.807) is 7.05 Å². The number of anilines is 2. The predicted molar refractivity (Wildman–Crippen MR) is 107 cm³/mol. The Morgan fingerprint density at radius 1 is 1.22 bits per heavy atom. The molecule has 1 aromatic carbocycles. The van der Waals surface area contributed by atoms with E-state index < -0.39 is 0 Å². The third-order valence-corrected chi connectivity index (χ3v) is 5.25. The van der Waals surface area contributed by atoms with Gasteiger partial charge in [0.25, 0.3) is 5.56 Å². The highest BCUT2D eigenvalue weighted by Crippen LogP contribution is 2.34. The monoisotopic (exact) mass is 387 g/mol. The lowest BCUT2D eigenvalue weighted by Crippen LogP contribution is -2.40. The third-order valence-electron chi connectivity index (χ3n) is 5.01. The van der Waals surface area contributed by atoms with Crippen molar-refractivity contribution < 1.29 is 0 Å². The Morgan fingerprint density at radius 2 is 1.96 bits per heavy atom. The molecule has 0 bridgehead atoms. The molecular weight excluding hydrogens is 366 g/mol. The molecule has 0 amide bonds. The van der Waals surface area contributed by atoms with E-state index in [4.69, 9.17) is 11.6 Å². The average molecular weight is 388 g/mol. The standard InChI is InChI=1S/C19H22ClN5O2/c1-11(2)10-25-17(26)15-16(22(4)19(25)27)21-18-23(7-8-24(15)18)14-9-13(20)6-5-12(14)3/h5-6,9,11H,7-8,10H2,1-4H3. The molecule has 0 aliphatic carbocycles. The van der Waals surface area contributed by atoms with Crippen molar-refractivity contribution in [2.24, 2.45) is 13.0 Å². The number of benzene rings is 1. The van der Waals surface area contributed by atoms with Gasteiger partial charge in [0.1, 0.15) is 0 Å². The van der Waals surface area contributed by atoms with Crippen LogP contribution < -0.4 is 16.1 Å². The minimum atomic E-state index is -0.330. The van der Waals surface area contributed by atoms with Gasteiger partial charge in [0.15, 0.2) is 11.2 Å². The van der Waals surface area contributed by atoms with Crippen molar-refractivity contribution in [1.29, 1.82) is 0 Å². The summed E-state index contributed by atoms with van der Waals surface area (Å²) < 4.78 is 4.69. The third kappa shape index (κ3) is 2.68. The van der Waals surface area contributed by atoms with E-state index in [1.165, 1.54) is 9.13 Å². The van der Waals surface area contributed by atoms with Crippen molar-refractivity contribution in [3.05, 3.63) is 49.6 Å². The van der Waals surface area contributed by atoms with Gasteiger partial charge in [-0.05, 0) is 30.5 Å². The zero-order chi connectivity index (χ0) is 19.5. The summed E-state index contributed by atoms with van der Waals surface area (Å²) >= 11 is 6.19. The largest absolute Gasteiger partial charge is 0.332 e. The first-order valence-electron chi connectivity index (χ1n) is 9.03. The maximum Gasteiger partial charge on any atom is 0.332 e. The molecule has 4 rings (SSSR count). The molecule has 1 aliphatic rings. The maximum absolute atomic E-state index is 13.1. The lowest BCUT2D eigenvalue weighted by Gasteiger charge is -2.18. The topological polar surface area (TPSA) is 65.1 Å². The Kier molecular flexibility index (Phi) is 4.14. The molecule has 3 aromatic rings. The summed E-state index contributed by atoms with van der Waals surface area (Å²) in [5, 5.41) is 0.650. The quantitative estimate of drug-likeness (QED) is 0.693. The van der Waals surface area contributed by atoms with Gasteiger partial charge in [0, 0.05) is 37.4 Å². The number of hydrogen-bond donors (Lipinski definition) is 0. The molecule has 0 saturated heterocycles. The van der Waals surface area contributed by atoms with E-state index >= 15 is 0 Å². The van der Waals surface area contributed by atoms with Gasteiger partial charge in [-0.1, -0.05) is 31.5 Å². The molecule has 1 aliphatic heterocycles. The molecule has 7 nitrogen and oxygen atoms in total. The highest BCUT2D eigenvalue weighted by Gasteiger charge is 2.29. The molecule has 3 heterocycles. The second-order valence-electron chi connectivity index (χ2n) is 7.47. The van der Waals surface area contributed by atoms with Crippen LogP contribution in [0.15, 0.2) is 27.8 Å². The van der Waals surface area contributed by atoms with E-state index in [2.05, 4.69) is 9.88 Å². The fourth-order valence-corrected chi connectivity index (χ4v) is 3.87. The van der Waals surface area contributed by atoms with Crippen LogP contribution in [0, 0.1) is 12.8 Å². The summed E-state index contributed by atoms with van der Waals surface area (Å²) in [6.45, 7) is 7.71. The van der Waals surface area contributed by atoms with Crippen LogP contribution in [0.5, 0.6) is 0 Å². The number of aromatic nitrogens is 4. The van der Waals surface area contributed by atoms with Crippen molar-refractivity contribution in [1.82, 2.24) is 18.7 Å². The summed E-state index contributed by atoms with van der Waals surface area (Å²) in [6.07, 6.45) is 0. The molecule has 0 unspecified atom stereocenters. The normalized spacial score (nSPS) is 13.8. The molecule has 0 N–H and O–H groups in total. The molecule has 2 aromatic heterocycles. The molecule has 0 atom stereocenters. The van der Waals surface area contributed by atoms with E-state index in [0.29, 0.717) is 41.8 Å². The summed E-state index contributed by atoms with van der Waals surface area (Å²) in [7, 11) is 1.67. The summed E-state index contributed by atoms with van der Waals surface area (Å²) in [4.78, 5) is 32.4.